The Hall–Kier alpha value is -4.66. The van der Waals surface area contributed by atoms with Gasteiger partial charge in [-0.05, 0) is 42.8 Å². The summed E-state index contributed by atoms with van der Waals surface area (Å²) in [7, 11) is 2.75. The van der Waals surface area contributed by atoms with Crippen LogP contribution in [-0.2, 0) is 4.79 Å². The lowest BCUT2D eigenvalue weighted by atomic mass is 10.1. The van der Waals surface area contributed by atoms with Crippen LogP contribution in [0.2, 0.25) is 0 Å². The number of aryl methyl sites for hydroxylation is 1. The number of nitro benzene ring substituents is 1. The van der Waals surface area contributed by atoms with Crippen molar-refractivity contribution in [2.45, 2.75) is 6.92 Å². The summed E-state index contributed by atoms with van der Waals surface area (Å²) in [6.45, 7) is 1.82. The second kappa shape index (κ2) is 10.8. The molecule has 9 heteroatoms. The molecule has 3 aromatic rings. The Balaban J connectivity index is 2.09. The Morgan fingerprint density at radius 1 is 0.941 bits per heavy atom. The van der Waals surface area contributed by atoms with Gasteiger partial charge in [0.25, 0.3) is 17.5 Å². The van der Waals surface area contributed by atoms with Crippen molar-refractivity contribution >= 4 is 29.3 Å². The Labute approximate surface area is 196 Å². The van der Waals surface area contributed by atoms with Crippen LogP contribution in [0, 0.1) is 17.0 Å². The van der Waals surface area contributed by atoms with Gasteiger partial charge in [-0.3, -0.25) is 19.7 Å². The van der Waals surface area contributed by atoms with Gasteiger partial charge >= 0.3 is 0 Å². The Bertz CT molecular complexity index is 1250. The standard InChI is InChI=1S/C25H23N3O6/c1-16-9-7-8-12-19(16)26-25(30)20(27-24(29)17-10-5-4-6-11-17)13-18-14-22(33-2)23(34-3)15-21(18)28(31)32/h4-15H,1-3H3,(H,26,30)(H,27,29)/b20-13+. The molecule has 0 aliphatic heterocycles. The van der Waals surface area contributed by atoms with Crippen LogP contribution in [0.3, 0.4) is 0 Å². The fourth-order valence-corrected chi connectivity index (χ4v) is 3.16. The van der Waals surface area contributed by atoms with Gasteiger partial charge in [-0.2, -0.15) is 0 Å². The highest BCUT2D eigenvalue weighted by Crippen LogP contribution is 2.35. The number of benzene rings is 3. The van der Waals surface area contributed by atoms with Crippen molar-refractivity contribution in [3.05, 3.63) is 99.2 Å². The number of carbonyl (C=O) groups is 2. The summed E-state index contributed by atoms with van der Waals surface area (Å²) in [5.41, 5.74) is 1.20. The Kier molecular flexibility index (Phi) is 7.60. The minimum atomic E-state index is -0.650. The smallest absolute Gasteiger partial charge is 0.280 e. The number of nitrogens with zero attached hydrogens (tertiary/aromatic N) is 1. The molecule has 0 spiro atoms. The van der Waals surface area contributed by atoms with E-state index in [4.69, 9.17) is 9.47 Å². The van der Waals surface area contributed by atoms with E-state index in [-0.39, 0.29) is 28.4 Å². The van der Waals surface area contributed by atoms with Crippen molar-refractivity contribution in [2.75, 3.05) is 19.5 Å². The first-order chi connectivity index (χ1) is 16.3. The number of carbonyl (C=O) groups excluding carboxylic acids is 2. The number of methoxy groups -OCH3 is 2. The molecule has 0 bridgehead atoms. The normalized spacial score (nSPS) is 10.9. The fraction of sp³-hybridized carbons (Fsp3) is 0.120. The molecule has 0 unspecified atom stereocenters. The quantitative estimate of drug-likeness (QED) is 0.293. The largest absolute Gasteiger partial charge is 0.493 e. The molecule has 0 fully saturated rings. The van der Waals surface area contributed by atoms with E-state index in [1.54, 1.807) is 42.5 Å². The molecule has 9 nitrogen and oxygen atoms in total. The van der Waals surface area contributed by atoms with Gasteiger partial charge in [0.1, 0.15) is 5.70 Å². The number of anilines is 1. The van der Waals surface area contributed by atoms with Crippen LogP contribution in [0.1, 0.15) is 21.5 Å². The fourth-order valence-electron chi connectivity index (χ4n) is 3.16. The van der Waals surface area contributed by atoms with Crippen LogP contribution in [0.15, 0.2) is 72.4 Å². The Morgan fingerprint density at radius 2 is 1.56 bits per heavy atom. The first kappa shape index (κ1) is 24.0. The minimum Gasteiger partial charge on any atom is -0.493 e. The molecule has 0 saturated heterocycles. The van der Waals surface area contributed by atoms with E-state index in [9.17, 15) is 19.7 Å². The van der Waals surface area contributed by atoms with Crippen LogP contribution in [0.5, 0.6) is 11.5 Å². The highest BCUT2D eigenvalue weighted by Gasteiger charge is 2.22. The molecule has 3 rings (SSSR count). The zero-order valence-electron chi connectivity index (χ0n) is 18.8. The molecule has 174 valence electrons. The number of ether oxygens (including phenoxy) is 2. The van der Waals surface area contributed by atoms with E-state index in [0.29, 0.717) is 11.3 Å². The van der Waals surface area contributed by atoms with E-state index in [1.165, 1.54) is 32.4 Å². The third kappa shape index (κ3) is 5.57. The number of amides is 2. The van der Waals surface area contributed by atoms with Gasteiger partial charge in [0.05, 0.1) is 30.8 Å². The molecule has 2 N–H and O–H groups in total. The van der Waals surface area contributed by atoms with Gasteiger partial charge in [0, 0.05) is 11.3 Å². The summed E-state index contributed by atoms with van der Waals surface area (Å²) < 4.78 is 10.4. The second-order valence-corrected chi connectivity index (χ2v) is 7.17. The molecule has 34 heavy (non-hydrogen) atoms. The maximum Gasteiger partial charge on any atom is 0.280 e. The van der Waals surface area contributed by atoms with E-state index in [1.807, 2.05) is 19.1 Å². The summed E-state index contributed by atoms with van der Waals surface area (Å²) in [5.74, 6) is -0.810. The third-order valence-electron chi connectivity index (χ3n) is 4.95. The Morgan fingerprint density at radius 3 is 2.18 bits per heavy atom. The third-order valence-corrected chi connectivity index (χ3v) is 4.95. The molecular formula is C25H23N3O6. The highest BCUT2D eigenvalue weighted by molar-refractivity contribution is 6.11. The summed E-state index contributed by atoms with van der Waals surface area (Å²) in [4.78, 5) is 37.1. The van der Waals surface area contributed by atoms with Crippen molar-refractivity contribution in [3.63, 3.8) is 0 Å². The van der Waals surface area contributed by atoms with Gasteiger partial charge in [0.2, 0.25) is 0 Å². The first-order valence-electron chi connectivity index (χ1n) is 10.2. The lowest BCUT2D eigenvalue weighted by Crippen LogP contribution is -2.31. The molecular weight excluding hydrogens is 438 g/mol. The van der Waals surface area contributed by atoms with Crippen molar-refractivity contribution in [1.82, 2.24) is 5.32 Å². The SMILES string of the molecule is COc1cc(/C=C(/NC(=O)c2ccccc2)C(=O)Nc2ccccc2C)c([N+](=O)[O-])cc1OC. The van der Waals surface area contributed by atoms with Crippen LogP contribution in [0.4, 0.5) is 11.4 Å². The van der Waals surface area contributed by atoms with Gasteiger partial charge in [-0.25, -0.2) is 0 Å². The molecule has 0 radical (unpaired) electrons. The predicted octanol–water partition coefficient (Wildman–Crippen LogP) is 4.33. The zero-order valence-corrected chi connectivity index (χ0v) is 18.8. The number of rotatable bonds is 8. The van der Waals surface area contributed by atoms with Crippen molar-refractivity contribution in [1.29, 1.82) is 0 Å². The maximum absolute atomic E-state index is 13.2. The van der Waals surface area contributed by atoms with Gasteiger partial charge in [0.15, 0.2) is 11.5 Å². The number of hydrogen-bond donors (Lipinski definition) is 2. The maximum atomic E-state index is 13.2. The summed E-state index contributed by atoms with van der Waals surface area (Å²) in [5, 5.41) is 17.0. The van der Waals surface area contributed by atoms with Crippen LogP contribution in [0.25, 0.3) is 6.08 Å². The second-order valence-electron chi connectivity index (χ2n) is 7.17. The summed E-state index contributed by atoms with van der Waals surface area (Å²) >= 11 is 0. The van der Waals surface area contributed by atoms with E-state index < -0.39 is 16.7 Å². The molecule has 2 amide bonds. The van der Waals surface area contributed by atoms with Crippen molar-refractivity contribution in [2.24, 2.45) is 0 Å². The summed E-state index contributed by atoms with van der Waals surface area (Å²) in [6.07, 6.45) is 1.23. The van der Waals surface area contributed by atoms with E-state index in [0.717, 1.165) is 5.56 Å². The lowest BCUT2D eigenvalue weighted by molar-refractivity contribution is -0.385. The van der Waals surface area contributed by atoms with E-state index >= 15 is 0 Å². The van der Waals surface area contributed by atoms with Crippen molar-refractivity contribution in [3.8, 4) is 11.5 Å². The predicted molar refractivity (Wildman–Crippen MR) is 128 cm³/mol. The molecule has 0 aliphatic rings. The monoisotopic (exact) mass is 461 g/mol. The summed E-state index contributed by atoms with van der Waals surface area (Å²) in [6, 6.07) is 18.0. The molecule has 3 aromatic carbocycles. The number of hydrogen-bond acceptors (Lipinski definition) is 6. The number of nitrogens with one attached hydrogen (secondary N) is 2. The average Bonchev–Trinajstić information content (AvgIpc) is 2.84. The molecule has 0 atom stereocenters. The van der Waals surface area contributed by atoms with Crippen molar-refractivity contribution < 1.29 is 24.0 Å². The van der Waals surface area contributed by atoms with Crippen LogP contribution >= 0.6 is 0 Å². The van der Waals surface area contributed by atoms with Gasteiger partial charge < -0.3 is 20.1 Å². The first-order valence-corrected chi connectivity index (χ1v) is 10.2. The minimum absolute atomic E-state index is 0.0472. The van der Waals surface area contributed by atoms with Gasteiger partial charge in [-0.1, -0.05) is 36.4 Å². The molecule has 0 heterocycles. The molecule has 0 aliphatic carbocycles. The molecule has 0 aromatic heterocycles. The zero-order chi connectivity index (χ0) is 24.7. The topological polar surface area (TPSA) is 120 Å². The highest BCUT2D eigenvalue weighted by atomic mass is 16.6. The van der Waals surface area contributed by atoms with Crippen LogP contribution in [-0.4, -0.2) is 31.0 Å². The number of para-hydroxylation sites is 1. The van der Waals surface area contributed by atoms with Gasteiger partial charge in [-0.15, -0.1) is 0 Å². The van der Waals surface area contributed by atoms with Crippen LogP contribution < -0.4 is 20.1 Å². The van der Waals surface area contributed by atoms with E-state index in [2.05, 4.69) is 10.6 Å². The molecule has 0 saturated carbocycles. The lowest BCUT2D eigenvalue weighted by Gasteiger charge is -2.13. The number of nitro groups is 1. The average molecular weight is 461 g/mol.